The van der Waals surface area contributed by atoms with Crippen molar-refractivity contribution in [3.8, 4) is 0 Å². The summed E-state index contributed by atoms with van der Waals surface area (Å²) in [6.45, 7) is 4.40. The first-order valence-electron chi connectivity index (χ1n) is 6.57. The van der Waals surface area contributed by atoms with Crippen molar-refractivity contribution in [2.24, 2.45) is 5.92 Å². The number of carbonyl (C=O) groups excluding carboxylic acids is 1. The minimum atomic E-state index is -0.173. The van der Waals surface area contributed by atoms with Gasteiger partial charge in [-0.1, -0.05) is 19.1 Å². The van der Waals surface area contributed by atoms with Gasteiger partial charge in [-0.25, -0.2) is 0 Å². The molecule has 2 unspecified atom stereocenters. The first-order valence-corrected chi connectivity index (χ1v) is 7.36. The van der Waals surface area contributed by atoms with E-state index in [4.69, 9.17) is 0 Å². The van der Waals surface area contributed by atoms with E-state index in [1.165, 1.54) is 0 Å². The van der Waals surface area contributed by atoms with Gasteiger partial charge in [0.2, 0.25) is 5.91 Å². The van der Waals surface area contributed by atoms with Crippen molar-refractivity contribution in [2.45, 2.75) is 13.0 Å². The Balaban J connectivity index is 2.36. The number of nitrogens with zero attached hydrogens (tertiary/aromatic N) is 1. The van der Waals surface area contributed by atoms with Gasteiger partial charge in [0.05, 0.1) is 5.69 Å². The van der Waals surface area contributed by atoms with E-state index in [2.05, 4.69) is 44.5 Å². The van der Waals surface area contributed by atoms with E-state index in [0.29, 0.717) is 12.5 Å². The molecule has 1 aromatic carbocycles. The van der Waals surface area contributed by atoms with Gasteiger partial charge in [-0.3, -0.25) is 4.79 Å². The Morgan fingerprint density at radius 2 is 2.21 bits per heavy atom. The summed E-state index contributed by atoms with van der Waals surface area (Å²) in [6, 6.07) is 7.89. The molecular formula is C14H20BrN3O. The minimum Gasteiger partial charge on any atom is -0.357 e. The van der Waals surface area contributed by atoms with E-state index in [-0.39, 0.29) is 11.9 Å². The van der Waals surface area contributed by atoms with E-state index >= 15 is 0 Å². The first kappa shape index (κ1) is 14.3. The second-order valence-electron chi connectivity index (χ2n) is 5.03. The second kappa shape index (κ2) is 6.39. The van der Waals surface area contributed by atoms with Gasteiger partial charge < -0.3 is 15.5 Å². The van der Waals surface area contributed by atoms with E-state index in [9.17, 15) is 4.79 Å². The lowest BCUT2D eigenvalue weighted by Gasteiger charge is -2.32. The summed E-state index contributed by atoms with van der Waals surface area (Å²) in [7, 11) is 1.87. The van der Waals surface area contributed by atoms with Crippen LogP contribution in [0.5, 0.6) is 0 Å². The number of carbonyl (C=O) groups is 1. The third kappa shape index (κ3) is 3.28. The van der Waals surface area contributed by atoms with E-state index in [1.807, 2.05) is 25.2 Å². The van der Waals surface area contributed by atoms with Crippen LogP contribution in [0.25, 0.3) is 0 Å². The maximum absolute atomic E-state index is 12.2. The molecule has 2 rings (SSSR count). The van der Waals surface area contributed by atoms with E-state index < -0.39 is 0 Å². The van der Waals surface area contributed by atoms with Gasteiger partial charge in [0.25, 0.3) is 0 Å². The molecule has 1 fully saturated rings. The molecule has 0 saturated carbocycles. The average molecular weight is 326 g/mol. The molecule has 0 aromatic heterocycles. The molecule has 1 heterocycles. The molecule has 1 aliphatic rings. The average Bonchev–Trinajstić information content (AvgIpc) is 2.53. The zero-order valence-electron chi connectivity index (χ0n) is 11.3. The standard InChI is InChI=1S/C14H20BrN3O/c1-10-7-17-14(19)13(8-16-2)18(9-10)12-6-4-3-5-11(12)15/h3-6,10,13,16H,7-9H2,1-2H3,(H,17,19). The Morgan fingerprint density at radius 3 is 2.89 bits per heavy atom. The lowest BCUT2D eigenvalue weighted by atomic mass is 10.1. The normalized spacial score (nSPS) is 23.9. The summed E-state index contributed by atoms with van der Waals surface area (Å²) in [4.78, 5) is 14.4. The smallest absolute Gasteiger partial charge is 0.244 e. The summed E-state index contributed by atoms with van der Waals surface area (Å²) in [6.07, 6.45) is 0. The lowest BCUT2D eigenvalue weighted by Crippen LogP contribution is -2.49. The van der Waals surface area contributed by atoms with Gasteiger partial charge in [-0.05, 0) is 41.0 Å². The molecule has 0 spiro atoms. The lowest BCUT2D eigenvalue weighted by molar-refractivity contribution is -0.122. The van der Waals surface area contributed by atoms with Crippen molar-refractivity contribution in [1.82, 2.24) is 10.6 Å². The quantitative estimate of drug-likeness (QED) is 0.887. The Morgan fingerprint density at radius 1 is 1.47 bits per heavy atom. The van der Waals surface area contributed by atoms with Gasteiger partial charge in [-0.2, -0.15) is 0 Å². The molecule has 0 aliphatic carbocycles. The number of hydrogen-bond donors (Lipinski definition) is 2. The Kier molecular flexibility index (Phi) is 4.82. The first-order chi connectivity index (χ1) is 9.13. The predicted octanol–water partition coefficient (Wildman–Crippen LogP) is 1.61. The summed E-state index contributed by atoms with van der Waals surface area (Å²) in [5.41, 5.74) is 1.08. The topological polar surface area (TPSA) is 44.4 Å². The molecule has 1 saturated heterocycles. The number of likely N-dealkylation sites (N-methyl/N-ethyl adjacent to an activating group) is 1. The number of amides is 1. The molecule has 4 nitrogen and oxygen atoms in total. The highest BCUT2D eigenvalue weighted by Gasteiger charge is 2.30. The molecule has 2 atom stereocenters. The van der Waals surface area contributed by atoms with Crippen molar-refractivity contribution in [3.63, 3.8) is 0 Å². The van der Waals surface area contributed by atoms with Crippen LogP contribution in [0.3, 0.4) is 0 Å². The van der Waals surface area contributed by atoms with Gasteiger partial charge in [0.15, 0.2) is 0 Å². The van der Waals surface area contributed by atoms with Gasteiger partial charge in [-0.15, -0.1) is 0 Å². The molecule has 104 valence electrons. The fourth-order valence-electron chi connectivity index (χ4n) is 2.41. The summed E-state index contributed by atoms with van der Waals surface area (Å²) in [5.74, 6) is 0.521. The maximum Gasteiger partial charge on any atom is 0.244 e. The number of rotatable bonds is 3. The highest BCUT2D eigenvalue weighted by Crippen LogP contribution is 2.28. The molecular weight excluding hydrogens is 306 g/mol. The maximum atomic E-state index is 12.2. The van der Waals surface area contributed by atoms with Crippen molar-refractivity contribution in [1.29, 1.82) is 0 Å². The predicted molar refractivity (Wildman–Crippen MR) is 81.4 cm³/mol. The van der Waals surface area contributed by atoms with E-state index in [0.717, 1.165) is 23.2 Å². The van der Waals surface area contributed by atoms with Crippen LogP contribution < -0.4 is 15.5 Å². The minimum absolute atomic E-state index is 0.0921. The summed E-state index contributed by atoms with van der Waals surface area (Å²) < 4.78 is 1.03. The van der Waals surface area contributed by atoms with Crippen LogP contribution in [-0.2, 0) is 4.79 Å². The zero-order chi connectivity index (χ0) is 13.8. The molecule has 5 heteroatoms. The number of hydrogen-bond acceptors (Lipinski definition) is 3. The van der Waals surface area contributed by atoms with Crippen LogP contribution in [0.4, 0.5) is 5.69 Å². The van der Waals surface area contributed by atoms with Crippen LogP contribution in [0.2, 0.25) is 0 Å². The number of nitrogens with one attached hydrogen (secondary N) is 2. The Hall–Kier alpha value is -1.07. The SMILES string of the molecule is CNCC1C(=O)NCC(C)CN1c1ccccc1Br. The number of anilines is 1. The molecule has 0 bridgehead atoms. The van der Waals surface area contributed by atoms with Crippen molar-refractivity contribution < 1.29 is 4.79 Å². The van der Waals surface area contributed by atoms with Gasteiger partial charge in [0, 0.05) is 24.1 Å². The second-order valence-corrected chi connectivity index (χ2v) is 5.88. The fraction of sp³-hybridized carbons (Fsp3) is 0.500. The third-order valence-electron chi connectivity index (χ3n) is 3.37. The Bertz CT molecular complexity index is 452. The van der Waals surface area contributed by atoms with Crippen LogP contribution >= 0.6 is 15.9 Å². The molecule has 2 N–H and O–H groups in total. The van der Waals surface area contributed by atoms with E-state index in [1.54, 1.807) is 0 Å². The molecule has 1 aliphatic heterocycles. The highest BCUT2D eigenvalue weighted by molar-refractivity contribution is 9.10. The number of benzene rings is 1. The molecule has 19 heavy (non-hydrogen) atoms. The Labute approximate surface area is 122 Å². The highest BCUT2D eigenvalue weighted by atomic mass is 79.9. The van der Waals surface area contributed by atoms with Crippen LogP contribution in [0.1, 0.15) is 6.92 Å². The summed E-state index contributed by atoms with van der Waals surface area (Å²) >= 11 is 3.58. The summed E-state index contributed by atoms with van der Waals surface area (Å²) in [5, 5.41) is 6.12. The van der Waals surface area contributed by atoms with Crippen LogP contribution in [0, 0.1) is 5.92 Å². The van der Waals surface area contributed by atoms with Crippen LogP contribution in [0.15, 0.2) is 28.7 Å². The molecule has 1 aromatic rings. The van der Waals surface area contributed by atoms with Crippen molar-refractivity contribution in [3.05, 3.63) is 28.7 Å². The van der Waals surface area contributed by atoms with Crippen molar-refractivity contribution >= 4 is 27.5 Å². The number of para-hydroxylation sites is 1. The monoisotopic (exact) mass is 325 g/mol. The molecule has 0 radical (unpaired) electrons. The zero-order valence-corrected chi connectivity index (χ0v) is 12.9. The third-order valence-corrected chi connectivity index (χ3v) is 4.04. The van der Waals surface area contributed by atoms with Crippen LogP contribution in [-0.4, -0.2) is 38.6 Å². The fourth-order valence-corrected chi connectivity index (χ4v) is 2.92. The largest absolute Gasteiger partial charge is 0.357 e. The van der Waals surface area contributed by atoms with Gasteiger partial charge >= 0.3 is 0 Å². The number of halogens is 1. The van der Waals surface area contributed by atoms with Crippen molar-refractivity contribution in [2.75, 3.05) is 31.6 Å². The van der Waals surface area contributed by atoms with Gasteiger partial charge in [0.1, 0.15) is 6.04 Å². The molecule has 1 amide bonds.